The molecular weight excluding hydrogens is 390 g/mol. The maximum absolute atomic E-state index is 13.8. The molecule has 0 N–H and O–H groups in total. The summed E-state index contributed by atoms with van der Waals surface area (Å²) in [5.41, 5.74) is 4.88. The smallest absolute Gasteiger partial charge is 0.170 e. The van der Waals surface area contributed by atoms with Crippen LogP contribution in [0.4, 0.5) is 5.69 Å². The van der Waals surface area contributed by atoms with Crippen molar-refractivity contribution in [2.45, 2.75) is 42.4 Å². The average molecular weight is 414 g/mol. The van der Waals surface area contributed by atoms with Crippen LogP contribution in [0.5, 0.6) is 0 Å². The van der Waals surface area contributed by atoms with Gasteiger partial charge in [0.15, 0.2) is 5.69 Å². The highest BCUT2D eigenvalue weighted by Crippen LogP contribution is 2.50. The van der Waals surface area contributed by atoms with Crippen molar-refractivity contribution in [3.63, 3.8) is 0 Å². The topological polar surface area (TPSA) is 38.7 Å². The van der Waals surface area contributed by atoms with Gasteiger partial charge in [-0.25, -0.2) is 0 Å². The lowest BCUT2D eigenvalue weighted by Gasteiger charge is -2.34. The molecule has 146 valence electrons. The molecular formula is C22H24ClN3OS. The van der Waals surface area contributed by atoms with Crippen molar-refractivity contribution in [3.05, 3.63) is 57.3 Å². The Kier molecular flexibility index (Phi) is 4.76. The number of likely N-dealkylation sites (tertiary alicyclic amines) is 1. The predicted molar refractivity (Wildman–Crippen MR) is 117 cm³/mol. The van der Waals surface area contributed by atoms with Gasteiger partial charge in [0.2, 0.25) is 0 Å². The summed E-state index contributed by atoms with van der Waals surface area (Å²) in [4.78, 5) is 4.72. The van der Waals surface area contributed by atoms with Gasteiger partial charge in [0.25, 0.3) is 0 Å². The Balaban J connectivity index is 1.48. The van der Waals surface area contributed by atoms with Gasteiger partial charge >= 0.3 is 0 Å². The molecule has 0 radical (unpaired) electrons. The third-order valence-corrected chi connectivity index (χ3v) is 7.53. The van der Waals surface area contributed by atoms with Gasteiger partial charge in [0.05, 0.1) is 5.56 Å². The molecule has 0 amide bonds. The van der Waals surface area contributed by atoms with E-state index in [4.69, 9.17) is 16.7 Å². The minimum absolute atomic E-state index is 0.489. The molecule has 1 fully saturated rings. The molecule has 3 aliphatic heterocycles. The molecule has 3 heterocycles. The van der Waals surface area contributed by atoms with Crippen LogP contribution in [0.2, 0.25) is 5.02 Å². The van der Waals surface area contributed by atoms with Crippen LogP contribution in [0.3, 0.4) is 0 Å². The van der Waals surface area contributed by atoms with Crippen molar-refractivity contribution < 1.29 is 0 Å². The van der Waals surface area contributed by atoms with E-state index >= 15 is 0 Å². The molecule has 1 saturated heterocycles. The van der Waals surface area contributed by atoms with Gasteiger partial charge in [-0.15, -0.1) is 0 Å². The van der Waals surface area contributed by atoms with E-state index in [0.29, 0.717) is 11.6 Å². The third-order valence-electron chi connectivity index (χ3n) is 6.00. The van der Waals surface area contributed by atoms with Gasteiger partial charge in [-0.05, 0) is 56.6 Å². The van der Waals surface area contributed by atoms with Crippen molar-refractivity contribution in [2.75, 3.05) is 26.2 Å². The van der Waals surface area contributed by atoms with E-state index in [2.05, 4.69) is 17.9 Å². The fraction of sp³-hybridized carbons (Fsp3) is 0.409. The standard InChI is InChI=1S/C22H24ClN3OS/c1-15-6-9-18-20-21(17-8-7-16(23)14-19(17)28-22(15)20)24-26(18,27)13-5-12-25-10-3-2-4-11-25/h6-9,14H,2-5,10-13H2,1H3. The Hall–Kier alpha value is -1.37. The molecule has 0 saturated carbocycles. The second kappa shape index (κ2) is 7.15. The van der Waals surface area contributed by atoms with E-state index in [0.717, 1.165) is 58.4 Å². The molecule has 0 spiro atoms. The van der Waals surface area contributed by atoms with Gasteiger partial charge < -0.3 is 10.1 Å². The van der Waals surface area contributed by atoms with Crippen LogP contribution in [0, 0.1) is 12.1 Å². The third kappa shape index (κ3) is 3.10. The number of rotatable bonds is 4. The summed E-state index contributed by atoms with van der Waals surface area (Å²) in [6, 6.07) is 9.91. The Morgan fingerprint density at radius 1 is 1.18 bits per heavy atom. The molecule has 4 nitrogen and oxygen atoms in total. The first kappa shape index (κ1) is 18.6. The lowest BCUT2D eigenvalue weighted by atomic mass is 9.99. The van der Waals surface area contributed by atoms with Gasteiger partial charge in [-0.3, -0.25) is 0 Å². The van der Waals surface area contributed by atoms with Crippen molar-refractivity contribution in [1.82, 2.24) is 9.66 Å². The maximum atomic E-state index is 13.8. The number of quaternary nitrogens is 1. The number of fused-ring (bicyclic) bond motifs is 2. The molecule has 2 aromatic rings. The molecule has 0 aliphatic carbocycles. The monoisotopic (exact) mass is 413 g/mol. The molecule has 0 aromatic heterocycles. The first-order valence-corrected chi connectivity index (χ1v) is 11.3. The quantitative estimate of drug-likeness (QED) is 0.415. The molecule has 2 aromatic carbocycles. The van der Waals surface area contributed by atoms with E-state index < -0.39 is 4.76 Å². The molecule has 28 heavy (non-hydrogen) atoms. The first-order chi connectivity index (χ1) is 13.5. The number of hydrogen-bond acceptors (Lipinski definition) is 4. The number of aryl methyl sites for hydroxylation is 1. The van der Waals surface area contributed by atoms with Crippen molar-refractivity contribution in [1.29, 1.82) is 0 Å². The van der Waals surface area contributed by atoms with E-state index in [9.17, 15) is 5.21 Å². The molecule has 0 bridgehead atoms. The fourth-order valence-electron chi connectivity index (χ4n) is 4.53. The fourth-order valence-corrected chi connectivity index (χ4v) is 5.98. The van der Waals surface area contributed by atoms with Crippen LogP contribution < -0.4 is 4.76 Å². The van der Waals surface area contributed by atoms with E-state index in [1.165, 1.54) is 24.8 Å². The lowest BCUT2D eigenvalue weighted by molar-refractivity contribution is 0.217. The summed E-state index contributed by atoms with van der Waals surface area (Å²) in [6.45, 7) is 5.91. The summed E-state index contributed by atoms with van der Waals surface area (Å²) in [5.74, 6) is 0. The second-order valence-corrected chi connectivity index (χ2v) is 9.47. The van der Waals surface area contributed by atoms with E-state index in [-0.39, 0.29) is 0 Å². The van der Waals surface area contributed by atoms with Crippen LogP contribution in [0.1, 0.15) is 42.4 Å². The maximum Gasteiger partial charge on any atom is 0.170 e. The average Bonchev–Trinajstić information content (AvgIpc) is 2.98. The van der Waals surface area contributed by atoms with E-state index in [1.807, 2.05) is 24.3 Å². The molecule has 3 aliphatic rings. The van der Waals surface area contributed by atoms with Gasteiger partial charge in [-0.1, -0.05) is 41.0 Å². The normalized spacial score (nSPS) is 23.3. The van der Waals surface area contributed by atoms with Crippen LogP contribution >= 0.6 is 23.4 Å². The summed E-state index contributed by atoms with van der Waals surface area (Å²) >= 11 is 7.93. The zero-order valence-corrected chi connectivity index (χ0v) is 17.7. The van der Waals surface area contributed by atoms with E-state index in [1.54, 1.807) is 11.8 Å². The SMILES string of the molecule is Cc1ccc2c3c1Sc1cc(Cl)ccc1C3=N[N+]2([O-])CCCN1CCCCC1. The molecule has 1 unspecified atom stereocenters. The van der Waals surface area contributed by atoms with Crippen LogP contribution in [-0.4, -0.2) is 36.8 Å². The summed E-state index contributed by atoms with van der Waals surface area (Å²) in [5, 5.41) is 19.3. The molecule has 6 heteroatoms. The molecule has 1 atom stereocenters. The summed E-state index contributed by atoms with van der Waals surface area (Å²) in [7, 11) is 0. The minimum atomic E-state index is -0.589. The zero-order chi connectivity index (χ0) is 19.3. The van der Waals surface area contributed by atoms with Gasteiger partial charge in [0, 0.05) is 39.4 Å². The second-order valence-electron chi connectivity index (χ2n) is 7.98. The number of halogens is 1. The zero-order valence-electron chi connectivity index (χ0n) is 16.1. The number of hydroxylamine groups is 1. The van der Waals surface area contributed by atoms with Crippen molar-refractivity contribution >= 4 is 34.8 Å². The van der Waals surface area contributed by atoms with Crippen LogP contribution in [-0.2, 0) is 0 Å². The van der Waals surface area contributed by atoms with Gasteiger partial charge in [-0.2, -0.15) is 4.76 Å². The number of hydrogen-bond donors (Lipinski definition) is 0. The summed E-state index contributed by atoms with van der Waals surface area (Å²) < 4.78 is -0.589. The Morgan fingerprint density at radius 3 is 2.82 bits per heavy atom. The highest BCUT2D eigenvalue weighted by atomic mass is 35.5. The van der Waals surface area contributed by atoms with Crippen LogP contribution in [0.15, 0.2) is 45.2 Å². The number of benzene rings is 2. The van der Waals surface area contributed by atoms with Crippen LogP contribution in [0.25, 0.3) is 0 Å². The summed E-state index contributed by atoms with van der Waals surface area (Å²) in [6.07, 6.45) is 4.76. The van der Waals surface area contributed by atoms with Gasteiger partial charge in [0.1, 0.15) is 12.3 Å². The first-order valence-electron chi connectivity index (χ1n) is 10.1. The Bertz CT molecular complexity index is 970. The van der Waals surface area contributed by atoms with Crippen molar-refractivity contribution in [3.8, 4) is 0 Å². The highest BCUT2D eigenvalue weighted by molar-refractivity contribution is 7.99. The largest absolute Gasteiger partial charge is 0.599 e. The lowest BCUT2D eigenvalue weighted by Crippen LogP contribution is -2.39. The minimum Gasteiger partial charge on any atom is -0.599 e. The predicted octanol–water partition coefficient (Wildman–Crippen LogP) is 5.56. The Labute approximate surface area is 175 Å². The Morgan fingerprint density at radius 2 is 2.00 bits per heavy atom. The van der Waals surface area contributed by atoms with Crippen molar-refractivity contribution in [2.24, 2.45) is 5.10 Å². The highest BCUT2D eigenvalue weighted by Gasteiger charge is 2.40. The number of nitrogens with zero attached hydrogens (tertiary/aromatic N) is 3. The number of piperidine rings is 1. The molecule has 5 rings (SSSR count).